The minimum atomic E-state index is -1.41. The van der Waals surface area contributed by atoms with E-state index in [9.17, 15) is 19.5 Å². The summed E-state index contributed by atoms with van der Waals surface area (Å²) in [7, 11) is 1.43. The first-order chi connectivity index (χ1) is 16.6. The number of ether oxygens (including phenoxy) is 1. The van der Waals surface area contributed by atoms with Gasteiger partial charge < -0.3 is 14.7 Å². The van der Waals surface area contributed by atoms with Crippen LogP contribution in [0.1, 0.15) is 41.3 Å². The highest BCUT2D eigenvalue weighted by atomic mass is 79.9. The highest BCUT2D eigenvalue weighted by Crippen LogP contribution is 2.44. The van der Waals surface area contributed by atoms with E-state index >= 15 is 0 Å². The Bertz CT molecular complexity index is 1270. The van der Waals surface area contributed by atoms with Gasteiger partial charge in [-0.1, -0.05) is 48.5 Å². The minimum absolute atomic E-state index is 0.0675. The maximum atomic E-state index is 13.0. The van der Waals surface area contributed by atoms with E-state index in [4.69, 9.17) is 4.74 Å². The molecule has 0 atom stereocenters. The van der Waals surface area contributed by atoms with Crippen LogP contribution < -0.4 is 5.32 Å². The number of rotatable bonds is 6. The van der Waals surface area contributed by atoms with Crippen molar-refractivity contribution >= 4 is 39.6 Å². The number of hydrogen-bond donors (Lipinski definition) is 2. The van der Waals surface area contributed by atoms with Gasteiger partial charge in [-0.2, -0.15) is 0 Å². The molecule has 1 aliphatic carbocycles. The average molecular weight is 537 g/mol. The molecule has 0 fully saturated rings. The van der Waals surface area contributed by atoms with Gasteiger partial charge >= 0.3 is 12.1 Å². The minimum Gasteiger partial charge on any atom is -0.480 e. The molecule has 3 aromatic rings. The Morgan fingerprint density at radius 2 is 1.57 bits per heavy atom. The van der Waals surface area contributed by atoms with Gasteiger partial charge in [0.05, 0.1) is 5.56 Å². The first-order valence-corrected chi connectivity index (χ1v) is 11.8. The van der Waals surface area contributed by atoms with Crippen molar-refractivity contribution < 1.29 is 24.2 Å². The molecule has 1 aliphatic rings. The third-order valence-electron chi connectivity index (χ3n) is 6.45. The van der Waals surface area contributed by atoms with E-state index in [0.29, 0.717) is 10.2 Å². The Hall–Kier alpha value is -3.65. The number of carbonyl (C=O) groups is 3. The Balaban J connectivity index is 1.47. The van der Waals surface area contributed by atoms with Crippen molar-refractivity contribution in [3.63, 3.8) is 0 Å². The summed E-state index contributed by atoms with van der Waals surface area (Å²) in [6.07, 6.45) is -0.646. The predicted molar refractivity (Wildman–Crippen MR) is 137 cm³/mol. The maximum Gasteiger partial charge on any atom is 0.411 e. The zero-order valence-corrected chi connectivity index (χ0v) is 21.1. The monoisotopic (exact) mass is 536 g/mol. The van der Waals surface area contributed by atoms with E-state index in [2.05, 4.69) is 33.4 Å². The predicted octanol–water partition coefficient (Wildman–Crippen LogP) is 5.75. The van der Waals surface area contributed by atoms with Crippen LogP contribution in [0.5, 0.6) is 0 Å². The number of likely N-dealkylation sites (N-methyl/N-ethyl adjacent to an activating group) is 1. The van der Waals surface area contributed by atoms with Gasteiger partial charge in [-0.05, 0) is 70.2 Å². The highest BCUT2D eigenvalue weighted by molar-refractivity contribution is 9.10. The maximum absolute atomic E-state index is 13.0. The van der Waals surface area contributed by atoms with Crippen LogP contribution in [0.15, 0.2) is 71.2 Å². The topological polar surface area (TPSA) is 95.9 Å². The molecule has 0 saturated heterocycles. The molecule has 2 N–H and O–H groups in total. The summed E-state index contributed by atoms with van der Waals surface area (Å²) in [6.45, 7) is 3.05. The van der Waals surface area contributed by atoms with Gasteiger partial charge in [0, 0.05) is 23.1 Å². The van der Waals surface area contributed by atoms with Gasteiger partial charge in [0.25, 0.3) is 5.91 Å². The first-order valence-electron chi connectivity index (χ1n) is 11.0. The van der Waals surface area contributed by atoms with Crippen molar-refractivity contribution in [1.29, 1.82) is 0 Å². The second-order valence-corrected chi connectivity index (χ2v) is 9.73. The van der Waals surface area contributed by atoms with Crippen molar-refractivity contribution in [2.45, 2.75) is 25.3 Å². The molecule has 4 rings (SSSR count). The number of carboxylic acids is 1. The van der Waals surface area contributed by atoms with Crippen molar-refractivity contribution in [2.75, 3.05) is 19.0 Å². The third kappa shape index (κ3) is 4.66. The summed E-state index contributed by atoms with van der Waals surface area (Å²) in [6, 6.07) is 20.9. The molecule has 2 amide bonds. The van der Waals surface area contributed by atoms with Crippen LogP contribution in [0.4, 0.5) is 10.5 Å². The van der Waals surface area contributed by atoms with Crippen LogP contribution in [-0.4, -0.2) is 47.2 Å². The number of hydrogen-bond acceptors (Lipinski definition) is 4. The number of halogens is 1. The summed E-state index contributed by atoms with van der Waals surface area (Å²) >= 11 is 3.34. The summed E-state index contributed by atoms with van der Waals surface area (Å²) in [5.41, 5.74) is 3.67. The van der Waals surface area contributed by atoms with Gasteiger partial charge in [0.15, 0.2) is 0 Å². The van der Waals surface area contributed by atoms with Crippen LogP contribution in [0.2, 0.25) is 0 Å². The van der Waals surface area contributed by atoms with E-state index in [1.165, 1.54) is 27.0 Å². The largest absolute Gasteiger partial charge is 0.480 e. The van der Waals surface area contributed by atoms with Crippen molar-refractivity contribution in [1.82, 2.24) is 4.90 Å². The third-order valence-corrected chi connectivity index (χ3v) is 7.14. The fourth-order valence-corrected chi connectivity index (χ4v) is 4.51. The Morgan fingerprint density at radius 3 is 2.14 bits per heavy atom. The average Bonchev–Trinajstić information content (AvgIpc) is 3.16. The number of carboxylic acid groups (broad SMARTS) is 1. The highest BCUT2D eigenvalue weighted by Gasteiger charge is 2.36. The van der Waals surface area contributed by atoms with E-state index < -0.39 is 23.5 Å². The van der Waals surface area contributed by atoms with Crippen LogP contribution in [0.25, 0.3) is 11.1 Å². The molecule has 8 heteroatoms. The number of nitrogens with one attached hydrogen (secondary N) is 1. The Kier molecular flexibility index (Phi) is 6.67. The van der Waals surface area contributed by atoms with E-state index in [0.717, 1.165) is 27.2 Å². The molecular formula is C27H25BrN2O5. The van der Waals surface area contributed by atoms with Gasteiger partial charge in [0.1, 0.15) is 12.1 Å². The van der Waals surface area contributed by atoms with Crippen molar-refractivity contribution in [3.05, 3.63) is 87.9 Å². The summed E-state index contributed by atoms with van der Waals surface area (Å²) in [5, 5.41) is 12.1. The quantitative estimate of drug-likeness (QED) is 0.418. The lowest BCUT2D eigenvalue weighted by Gasteiger charge is -2.31. The molecule has 7 nitrogen and oxygen atoms in total. The smallest absolute Gasteiger partial charge is 0.411 e. The molecule has 0 unspecified atom stereocenters. The standard InChI is InChI=1S/C27H25BrN2O5/c1-27(2,25(32)33)30(3)24(31)21-14-16(12-13-23(21)28)29-26(34)35-15-22-19-10-6-4-8-17(19)18-9-5-7-11-20(18)22/h4-14,22H,15H2,1-3H3,(H,29,34)(H,32,33). The van der Waals surface area contributed by atoms with Crippen LogP contribution in [0, 0.1) is 0 Å². The molecule has 0 radical (unpaired) electrons. The van der Waals surface area contributed by atoms with Crippen LogP contribution in [-0.2, 0) is 9.53 Å². The molecule has 0 spiro atoms. The lowest BCUT2D eigenvalue weighted by molar-refractivity contribution is -0.147. The van der Waals surface area contributed by atoms with Crippen LogP contribution in [0.3, 0.4) is 0 Å². The SMILES string of the molecule is CN(C(=O)c1cc(NC(=O)OCC2c3ccccc3-c3ccccc32)ccc1Br)C(C)(C)C(=O)O. The second-order valence-electron chi connectivity index (χ2n) is 8.87. The number of benzene rings is 3. The normalized spacial score (nSPS) is 12.5. The van der Waals surface area contributed by atoms with E-state index in [1.807, 2.05) is 36.4 Å². The Morgan fingerprint density at radius 1 is 1.00 bits per heavy atom. The molecule has 0 aliphatic heterocycles. The molecule has 180 valence electrons. The molecule has 0 saturated carbocycles. The van der Waals surface area contributed by atoms with E-state index in [1.54, 1.807) is 12.1 Å². The van der Waals surface area contributed by atoms with Gasteiger partial charge in [0.2, 0.25) is 0 Å². The number of amides is 2. The number of carbonyl (C=O) groups excluding carboxylic acids is 2. The number of nitrogens with zero attached hydrogens (tertiary/aromatic N) is 1. The first kappa shape index (κ1) is 24.5. The fraction of sp³-hybridized carbons (Fsp3) is 0.222. The zero-order chi connectivity index (χ0) is 25.3. The van der Waals surface area contributed by atoms with Gasteiger partial charge in [-0.15, -0.1) is 0 Å². The number of fused-ring (bicyclic) bond motifs is 3. The van der Waals surface area contributed by atoms with Gasteiger partial charge in [-0.25, -0.2) is 9.59 Å². The fourth-order valence-electron chi connectivity index (χ4n) is 4.10. The second kappa shape index (κ2) is 9.54. The summed E-state index contributed by atoms with van der Waals surface area (Å²) in [4.78, 5) is 38.3. The Labute approximate surface area is 211 Å². The molecule has 0 heterocycles. The van der Waals surface area contributed by atoms with E-state index in [-0.39, 0.29) is 18.1 Å². The molecule has 0 aromatic heterocycles. The lowest BCUT2D eigenvalue weighted by atomic mass is 9.98. The molecular weight excluding hydrogens is 512 g/mol. The van der Waals surface area contributed by atoms with Gasteiger partial charge in [-0.3, -0.25) is 10.1 Å². The summed E-state index contributed by atoms with van der Waals surface area (Å²) < 4.78 is 6.05. The zero-order valence-electron chi connectivity index (χ0n) is 19.5. The van der Waals surface area contributed by atoms with Crippen LogP contribution >= 0.6 is 15.9 Å². The lowest BCUT2D eigenvalue weighted by Crippen LogP contribution is -2.50. The van der Waals surface area contributed by atoms with Crippen molar-refractivity contribution in [3.8, 4) is 11.1 Å². The van der Waals surface area contributed by atoms with Crippen molar-refractivity contribution in [2.24, 2.45) is 0 Å². The molecule has 35 heavy (non-hydrogen) atoms. The molecule has 3 aromatic carbocycles. The molecule has 0 bridgehead atoms. The number of aliphatic carboxylic acids is 1. The number of anilines is 1. The summed E-state index contributed by atoms with van der Waals surface area (Å²) in [5.74, 6) is -1.69.